The number of aryl methyl sites for hydroxylation is 3. The van der Waals surface area contributed by atoms with Crippen molar-refractivity contribution >= 4 is 11.5 Å². The number of carbonyl (C=O) groups excluding carboxylic acids is 1. The zero-order valence-corrected chi connectivity index (χ0v) is 15.3. The summed E-state index contributed by atoms with van der Waals surface area (Å²) in [6.45, 7) is 5.82. The minimum atomic E-state index is -4.23. The minimum Gasteiger partial charge on any atom is -0.509 e. The number of hydrogen-bond acceptors (Lipinski definition) is 2. The van der Waals surface area contributed by atoms with Crippen LogP contribution < -0.4 is 5.32 Å². The molecule has 3 rings (SSSR count). The zero-order chi connectivity index (χ0) is 19.3. The smallest absolute Gasteiger partial charge is 0.391 e. The normalized spacial score (nSPS) is 26.5. The van der Waals surface area contributed by atoms with Crippen LogP contribution in [0.25, 0.3) is 5.57 Å². The number of halogens is 3. The van der Waals surface area contributed by atoms with Crippen molar-refractivity contribution in [2.24, 2.45) is 5.92 Å². The number of hydrogen-bond donors (Lipinski definition) is 2. The predicted molar refractivity (Wildman–Crippen MR) is 93.7 cm³/mol. The second-order valence-electron chi connectivity index (χ2n) is 7.53. The highest BCUT2D eigenvalue weighted by molar-refractivity contribution is 6.24. The van der Waals surface area contributed by atoms with E-state index in [1.807, 2.05) is 32.9 Å². The largest absolute Gasteiger partial charge is 0.509 e. The lowest BCUT2D eigenvalue weighted by Gasteiger charge is -2.37. The fourth-order valence-electron chi connectivity index (χ4n) is 4.37. The molecule has 26 heavy (non-hydrogen) atoms. The highest BCUT2D eigenvalue weighted by atomic mass is 19.4. The molecule has 3 nitrogen and oxygen atoms in total. The summed E-state index contributed by atoms with van der Waals surface area (Å²) in [4.78, 5) is 12.6. The third kappa shape index (κ3) is 2.99. The number of rotatable bonds is 2. The molecule has 142 valence electrons. The van der Waals surface area contributed by atoms with Crippen molar-refractivity contribution in [2.45, 2.75) is 64.6 Å². The molecule has 2 N–H and O–H groups in total. The van der Waals surface area contributed by atoms with Crippen molar-refractivity contribution < 1.29 is 23.1 Å². The van der Waals surface area contributed by atoms with Crippen LogP contribution >= 0.6 is 0 Å². The van der Waals surface area contributed by atoms with Crippen LogP contribution in [-0.4, -0.2) is 22.7 Å². The lowest BCUT2D eigenvalue weighted by molar-refractivity contribution is -0.184. The molecule has 1 aromatic rings. The molecule has 1 heterocycles. The molecule has 1 fully saturated rings. The van der Waals surface area contributed by atoms with Gasteiger partial charge in [0.05, 0.1) is 17.0 Å². The molecule has 1 aliphatic heterocycles. The fraction of sp³-hybridized carbons (Fsp3) is 0.550. The first kappa shape index (κ1) is 18.8. The second kappa shape index (κ2) is 6.32. The molecule has 0 radical (unpaired) electrons. The topological polar surface area (TPSA) is 49.3 Å². The number of benzene rings is 1. The van der Waals surface area contributed by atoms with Gasteiger partial charge in [0.2, 0.25) is 0 Å². The molecule has 1 saturated carbocycles. The molecule has 1 spiro atoms. The summed E-state index contributed by atoms with van der Waals surface area (Å²) in [6, 6.07) is 3.98. The number of amides is 1. The van der Waals surface area contributed by atoms with Crippen LogP contribution in [0.5, 0.6) is 0 Å². The van der Waals surface area contributed by atoms with Gasteiger partial charge in [-0.05, 0) is 68.2 Å². The molecule has 6 heteroatoms. The van der Waals surface area contributed by atoms with Crippen molar-refractivity contribution in [3.8, 4) is 0 Å². The number of nitrogens with one attached hydrogen (secondary N) is 1. The van der Waals surface area contributed by atoms with Gasteiger partial charge in [0, 0.05) is 0 Å². The third-order valence-electron chi connectivity index (χ3n) is 5.82. The first-order valence-electron chi connectivity index (χ1n) is 9.02. The first-order chi connectivity index (χ1) is 12.1. The van der Waals surface area contributed by atoms with Gasteiger partial charge in [0.25, 0.3) is 5.91 Å². The third-order valence-corrected chi connectivity index (χ3v) is 5.82. The molecule has 1 aromatic carbocycles. The average Bonchev–Trinajstić information content (AvgIpc) is 2.78. The Labute approximate surface area is 151 Å². The molecule has 0 saturated heterocycles. The Morgan fingerprint density at radius 1 is 1.19 bits per heavy atom. The molecular weight excluding hydrogens is 343 g/mol. The van der Waals surface area contributed by atoms with Crippen molar-refractivity contribution in [1.29, 1.82) is 0 Å². The molecule has 0 unspecified atom stereocenters. The molecule has 2 aliphatic rings. The van der Waals surface area contributed by atoms with E-state index in [2.05, 4.69) is 5.32 Å². The molecule has 0 bridgehead atoms. The highest BCUT2D eigenvalue weighted by Crippen LogP contribution is 2.47. The van der Waals surface area contributed by atoms with Gasteiger partial charge < -0.3 is 10.4 Å². The van der Waals surface area contributed by atoms with Gasteiger partial charge in [-0.2, -0.15) is 13.2 Å². The van der Waals surface area contributed by atoms with Crippen molar-refractivity contribution in [3.63, 3.8) is 0 Å². The maximum Gasteiger partial charge on any atom is 0.391 e. The molecule has 0 aromatic heterocycles. The van der Waals surface area contributed by atoms with Crippen molar-refractivity contribution in [1.82, 2.24) is 5.32 Å². The summed E-state index contributed by atoms with van der Waals surface area (Å²) in [6.07, 6.45) is -3.34. The van der Waals surface area contributed by atoms with E-state index >= 15 is 0 Å². The van der Waals surface area contributed by atoms with E-state index in [-0.39, 0.29) is 37.0 Å². The van der Waals surface area contributed by atoms with Crippen molar-refractivity contribution in [2.75, 3.05) is 0 Å². The van der Waals surface area contributed by atoms with E-state index in [1.165, 1.54) is 0 Å². The quantitative estimate of drug-likeness (QED) is 0.792. The first-order valence-corrected chi connectivity index (χ1v) is 9.02. The van der Waals surface area contributed by atoms with Crippen LogP contribution in [0.2, 0.25) is 0 Å². The standard InChI is InChI=1S/C20H24F3NO2/c1-4-13-9-11(2)15(12(3)10-13)16-17(25)19(24-18(16)26)7-5-14(6-8-19)20(21,22)23/h9-10,14,25H,4-8H2,1-3H3,(H,24,26). The summed E-state index contributed by atoms with van der Waals surface area (Å²) in [5.41, 5.74) is 2.76. The minimum absolute atomic E-state index is 0.0894. The Hall–Kier alpha value is -1.98. The van der Waals surface area contributed by atoms with Crippen LogP contribution in [0.4, 0.5) is 13.2 Å². The Balaban J connectivity index is 1.98. The zero-order valence-electron chi connectivity index (χ0n) is 15.3. The van der Waals surface area contributed by atoms with Gasteiger partial charge in [-0.15, -0.1) is 0 Å². The Morgan fingerprint density at radius 2 is 1.73 bits per heavy atom. The average molecular weight is 367 g/mol. The van der Waals surface area contributed by atoms with Gasteiger partial charge >= 0.3 is 6.18 Å². The van der Waals surface area contributed by atoms with E-state index in [4.69, 9.17) is 0 Å². The van der Waals surface area contributed by atoms with E-state index < -0.39 is 23.5 Å². The summed E-state index contributed by atoms with van der Waals surface area (Å²) in [5, 5.41) is 13.7. The molecule has 0 atom stereocenters. The van der Waals surface area contributed by atoms with Gasteiger partial charge in [-0.25, -0.2) is 0 Å². The molecule has 1 aliphatic carbocycles. The van der Waals surface area contributed by atoms with E-state index in [0.29, 0.717) is 5.56 Å². The van der Waals surface area contributed by atoms with E-state index in [9.17, 15) is 23.1 Å². The Kier molecular flexibility index (Phi) is 4.57. The molecule has 1 amide bonds. The highest BCUT2D eigenvalue weighted by Gasteiger charge is 2.52. The van der Waals surface area contributed by atoms with Crippen molar-refractivity contribution in [3.05, 3.63) is 40.1 Å². The lowest BCUT2D eigenvalue weighted by Crippen LogP contribution is -2.48. The van der Waals surface area contributed by atoms with E-state index in [0.717, 1.165) is 23.1 Å². The van der Waals surface area contributed by atoms with Gasteiger partial charge in [-0.1, -0.05) is 19.1 Å². The number of carbonyl (C=O) groups is 1. The van der Waals surface area contributed by atoms with Crippen LogP contribution in [0.15, 0.2) is 17.9 Å². The summed E-state index contributed by atoms with van der Waals surface area (Å²) >= 11 is 0. The van der Waals surface area contributed by atoms with Gasteiger partial charge in [0.1, 0.15) is 5.76 Å². The maximum atomic E-state index is 12.9. The van der Waals surface area contributed by atoms with Crippen LogP contribution in [0.1, 0.15) is 54.9 Å². The van der Waals surface area contributed by atoms with E-state index in [1.54, 1.807) is 0 Å². The lowest BCUT2D eigenvalue weighted by atomic mass is 9.75. The van der Waals surface area contributed by atoms with Crippen LogP contribution in [0, 0.1) is 19.8 Å². The number of aliphatic hydroxyl groups excluding tert-OH is 1. The number of aliphatic hydroxyl groups is 1. The predicted octanol–water partition coefficient (Wildman–Crippen LogP) is 4.76. The molecular formula is C20H24F3NO2. The summed E-state index contributed by atoms with van der Waals surface area (Å²) < 4.78 is 38.8. The fourth-order valence-corrected chi connectivity index (χ4v) is 4.37. The van der Waals surface area contributed by atoms with Gasteiger partial charge in [-0.3, -0.25) is 4.79 Å². The SMILES string of the molecule is CCc1cc(C)c(C2=C(O)C3(CCC(C(F)(F)F)CC3)NC2=O)c(C)c1. The summed E-state index contributed by atoms with van der Waals surface area (Å²) in [5.74, 6) is -1.86. The maximum absolute atomic E-state index is 12.9. The van der Waals surface area contributed by atoms with Crippen LogP contribution in [0.3, 0.4) is 0 Å². The summed E-state index contributed by atoms with van der Waals surface area (Å²) in [7, 11) is 0. The van der Waals surface area contributed by atoms with Crippen LogP contribution in [-0.2, 0) is 11.2 Å². The van der Waals surface area contributed by atoms with Gasteiger partial charge in [0.15, 0.2) is 0 Å². The Bertz CT molecular complexity index is 749. The number of alkyl halides is 3. The second-order valence-corrected chi connectivity index (χ2v) is 7.53. The monoisotopic (exact) mass is 367 g/mol. The Morgan fingerprint density at radius 3 is 2.19 bits per heavy atom.